The normalized spacial score (nSPS) is 10.0. The summed E-state index contributed by atoms with van der Waals surface area (Å²) in [5.74, 6) is 0.869. The van der Waals surface area contributed by atoms with Crippen LogP contribution in [0, 0.1) is 6.92 Å². The molecule has 0 saturated heterocycles. The van der Waals surface area contributed by atoms with Crippen LogP contribution in [-0.4, -0.2) is 12.1 Å². The van der Waals surface area contributed by atoms with Crippen molar-refractivity contribution >= 4 is 0 Å². The molecule has 0 aliphatic heterocycles. The highest BCUT2D eigenvalue weighted by Gasteiger charge is 2.05. The van der Waals surface area contributed by atoms with Crippen molar-refractivity contribution in [1.82, 2.24) is 4.98 Å². The van der Waals surface area contributed by atoms with Crippen molar-refractivity contribution in [3.63, 3.8) is 0 Å². The summed E-state index contributed by atoms with van der Waals surface area (Å²) in [6.07, 6.45) is 1.85. The Kier molecular flexibility index (Phi) is 2.68. The molecule has 0 N–H and O–H groups in total. The maximum absolute atomic E-state index is 5.34. The third-order valence-corrected chi connectivity index (χ3v) is 2.31. The predicted molar refractivity (Wildman–Crippen MR) is 61.0 cm³/mol. The molecule has 0 aliphatic rings. The van der Waals surface area contributed by atoms with Crippen molar-refractivity contribution in [3.8, 4) is 16.9 Å². The fraction of sp³-hybridized carbons (Fsp3) is 0.154. The van der Waals surface area contributed by atoms with Gasteiger partial charge in [0.1, 0.15) is 5.75 Å². The van der Waals surface area contributed by atoms with Gasteiger partial charge in [0.15, 0.2) is 0 Å². The summed E-state index contributed by atoms with van der Waals surface area (Å²) in [5, 5.41) is 0. The molecule has 0 bridgehead atoms. The summed E-state index contributed by atoms with van der Waals surface area (Å²) in [6, 6.07) is 12.1. The fourth-order valence-corrected chi connectivity index (χ4v) is 1.54. The molecule has 2 aromatic rings. The predicted octanol–water partition coefficient (Wildman–Crippen LogP) is 3.07. The van der Waals surface area contributed by atoms with Gasteiger partial charge in [0, 0.05) is 23.5 Å². The monoisotopic (exact) mass is 199 g/mol. The Morgan fingerprint density at radius 2 is 1.87 bits per heavy atom. The molecule has 0 radical (unpaired) electrons. The Morgan fingerprint density at radius 1 is 1.13 bits per heavy atom. The number of benzene rings is 1. The van der Waals surface area contributed by atoms with Crippen LogP contribution in [-0.2, 0) is 0 Å². The number of hydrogen-bond acceptors (Lipinski definition) is 2. The molecule has 1 aromatic carbocycles. The van der Waals surface area contributed by atoms with E-state index < -0.39 is 0 Å². The van der Waals surface area contributed by atoms with Crippen LogP contribution in [0.1, 0.15) is 5.69 Å². The smallest absolute Gasteiger partial charge is 0.130 e. The van der Waals surface area contributed by atoms with Crippen LogP contribution in [0.3, 0.4) is 0 Å². The lowest BCUT2D eigenvalue weighted by Crippen LogP contribution is -1.91. The van der Waals surface area contributed by atoms with Crippen molar-refractivity contribution < 1.29 is 4.74 Å². The van der Waals surface area contributed by atoms with E-state index in [4.69, 9.17) is 4.74 Å². The third kappa shape index (κ3) is 1.99. The first-order valence-corrected chi connectivity index (χ1v) is 4.87. The highest BCUT2D eigenvalue weighted by molar-refractivity contribution is 5.69. The lowest BCUT2D eigenvalue weighted by molar-refractivity contribution is 0.415. The Balaban J connectivity index is 2.53. The van der Waals surface area contributed by atoms with Crippen LogP contribution >= 0.6 is 0 Å². The van der Waals surface area contributed by atoms with E-state index in [0.29, 0.717) is 0 Å². The topological polar surface area (TPSA) is 22.1 Å². The van der Waals surface area contributed by atoms with E-state index in [9.17, 15) is 0 Å². The van der Waals surface area contributed by atoms with Crippen molar-refractivity contribution in [2.24, 2.45) is 0 Å². The summed E-state index contributed by atoms with van der Waals surface area (Å²) < 4.78 is 5.34. The van der Waals surface area contributed by atoms with E-state index in [2.05, 4.69) is 17.1 Å². The number of aromatic nitrogens is 1. The Bertz CT molecular complexity index is 451. The van der Waals surface area contributed by atoms with Gasteiger partial charge in [0.05, 0.1) is 7.11 Å². The van der Waals surface area contributed by atoms with Gasteiger partial charge in [0.25, 0.3) is 0 Å². The Labute approximate surface area is 89.6 Å². The molecule has 1 aromatic heterocycles. The number of nitrogens with zero attached hydrogens (tertiary/aromatic N) is 1. The van der Waals surface area contributed by atoms with Gasteiger partial charge in [-0.1, -0.05) is 30.3 Å². The van der Waals surface area contributed by atoms with Crippen LogP contribution in [0.4, 0.5) is 0 Å². The number of methoxy groups -OCH3 is 1. The first-order valence-electron chi connectivity index (χ1n) is 4.87. The van der Waals surface area contributed by atoms with E-state index in [0.717, 1.165) is 22.6 Å². The molecule has 0 unspecified atom stereocenters. The average molecular weight is 199 g/mol. The van der Waals surface area contributed by atoms with Gasteiger partial charge in [0.2, 0.25) is 0 Å². The van der Waals surface area contributed by atoms with Crippen LogP contribution in [0.15, 0.2) is 42.6 Å². The van der Waals surface area contributed by atoms with Crippen molar-refractivity contribution in [2.75, 3.05) is 7.11 Å². The van der Waals surface area contributed by atoms with Crippen LogP contribution in [0.5, 0.6) is 5.75 Å². The van der Waals surface area contributed by atoms with E-state index in [1.165, 1.54) is 0 Å². The highest BCUT2D eigenvalue weighted by atomic mass is 16.5. The zero-order chi connectivity index (χ0) is 10.7. The molecular formula is C13H13NO. The van der Waals surface area contributed by atoms with Crippen LogP contribution in [0.2, 0.25) is 0 Å². The van der Waals surface area contributed by atoms with Gasteiger partial charge in [-0.2, -0.15) is 0 Å². The Hall–Kier alpha value is -1.83. The SMILES string of the molecule is COc1cc(C)ncc1-c1ccccc1. The van der Waals surface area contributed by atoms with Gasteiger partial charge >= 0.3 is 0 Å². The third-order valence-electron chi connectivity index (χ3n) is 2.31. The van der Waals surface area contributed by atoms with Gasteiger partial charge in [-0.3, -0.25) is 4.98 Å². The highest BCUT2D eigenvalue weighted by Crippen LogP contribution is 2.29. The van der Waals surface area contributed by atoms with Gasteiger partial charge in [-0.25, -0.2) is 0 Å². The molecular weight excluding hydrogens is 186 g/mol. The molecule has 76 valence electrons. The maximum atomic E-state index is 5.34. The van der Waals surface area contributed by atoms with Crippen molar-refractivity contribution in [2.45, 2.75) is 6.92 Å². The molecule has 15 heavy (non-hydrogen) atoms. The fourth-order valence-electron chi connectivity index (χ4n) is 1.54. The largest absolute Gasteiger partial charge is 0.496 e. The van der Waals surface area contributed by atoms with E-state index in [-0.39, 0.29) is 0 Å². The molecule has 2 nitrogen and oxygen atoms in total. The minimum atomic E-state index is 0.869. The van der Waals surface area contributed by atoms with E-state index in [1.54, 1.807) is 7.11 Å². The van der Waals surface area contributed by atoms with Gasteiger partial charge in [-0.05, 0) is 12.5 Å². The molecule has 0 fully saturated rings. The number of aryl methyl sites for hydroxylation is 1. The first-order chi connectivity index (χ1) is 7.31. The van der Waals surface area contributed by atoms with Crippen molar-refractivity contribution in [3.05, 3.63) is 48.3 Å². The summed E-state index contributed by atoms with van der Waals surface area (Å²) in [4.78, 5) is 4.28. The number of pyridine rings is 1. The minimum Gasteiger partial charge on any atom is -0.496 e. The molecule has 0 atom stereocenters. The second-order valence-corrected chi connectivity index (χ2v) is 3.39. The molecule has 0 aliphatic carbocycles. The summed E-state index contributed by atoms with van der Waals surface area (Å²) in [5.41, 5.74) is 3.12. The number of rotatable bonds is 2. The van der Waals surface area contributed by atoms with Crippen LogP contribution in [0.25, 0.3) is 11.1 Å². The number of hydrogen-bond donors (Lipinski definition) is 0. The summed E-state index contributed by atoms with van der Waals surface area (Å²) in [7, 11) is 1.68. The Morgan fingerprint density at radius 3 is 2.53 bits per heavy atom. The van der Waals surface area contributed by atoms with Crippen LogP contribution < -0.4 is 4.74 Å². The molecule has 2 heteroatoms. The van der Waals surface area contributed by atoms with Crippen molar-refractivity contribution in [1.29, 1.82) is 0 Å². The maximum Gasteiger partial charge on any atom is 0.130 e. The average Bonchev–Trinajstić information content (AvgIpc) is 2.30. The van der Waals surface area contributed by atoms with E-state index >= 15 is 0 Å². The summed E-state index contributed by atoms with van der Waals surface area (Å²) in [6.45, 7) is 1.96. The zero-order valence-electron chi connectivity index (χ0n) is 8.90. The molecule has 0 amide bonds. The quantitative estimate of drug-likeness (QED) is 0.741. The zero-order valence-corrected chi connectivity index (χ0v) is 8.90. The second kappa shape index (κ2) is 4.13. The van der Waals surface area contributed by atoms with Gasteiger partial charge in [-0.15, -0.1) is 0 Å². The second-order valence-electron chi connectivity index (χ2n) is 3.39. The molecule has 1 heterocycles. The molecule has 0 saturated carbocycles. The standard InChI is InChI=1S/C13H13NO/c1-10-8-13(15-2)12(9-14-10)11-6-4-3-5-7-11/h3-9H,1-2H3. The number of ether oxygens (including phenoxy) is 1. The lowest BCUT2D eigenvalue weighted by atomic mass is 10.1. The first kappa shape index (κ1) is 9.71. The van der Waals surface area contributed by atoms with E-state index in [1.807, 2.05) is 37.4 Å². The minimum absolute atomic E-state index is 0.869. The lowest BCUT2D eigenvalue weighted by Gasteiger charge is -2.08. The molecule has 0 spiro atoms. The summed E-state index contributed by atoms with van der Waals surface area (Å²) >= 11 is 0. The van der Waals surface area contributed by atoms with Gasteiger partial charge < -0.3 is 4.74 Å². The molecule has 2 rings (SSSR count).